The van der Waals surface area contributed by atoms with Crippen molar-refractivity contribution in [2.24, 2.45) is 0 Å². The summed E-state index contributed by atoms with van der Waals surface area (Å²) in [5.41, 5.74) is 3.17. The van der Waals surface area contributed by atoms with Gasteiger partial charge in [0.1, 0.15) is 0 Å². The summed E-state index contributed by atoms with van der Waals surface area (Å²) in [6.07, 6.45) is 0. The van der Waals surface area contributed by atoms with Crippen LogP contribution >= 0.6 is 0 Å². The van der Waals surface area contributed by atoms with Crippen LogP contribution in [0.4, 0.5) is 11.4 Å². The van der Waals surface area contributed by atoms with E-state index in [2.05, 4.69) is 10.6 Å². The number of hydrogen-bond donors (Lipinski definition) is 3. The lowest BCUT2D eigenvalue weighted by Crippen LogP contribution is -2.19. The van der Waals surface area contributed by atoms with Gasteiger partial charge >= 0.3 is 5.97 Å². The molecule has 0 heterocycles. The van der Waals surface area contributed by atoms with Gasteiger partial charge in [0.05, 0.1) is 22.5 Å². The zero-order valence-corrected chi connectivity index (χ0v) is 17.5. The topological polar surface area (TPSA) is 95.5 Å². The van der Waals surface area contributed by atoms with Crippen LogP contribution in [0, 0.1) is 0 Å². The maximum Gasteiger partial charge on any atom is 0.337 e. The van der Waals surface area contributed by atoms with Crippen molar-refractivity contribution in [1.82, 2.24) is 0 Å². The van der Waals surface area contributed by atoms with E-state index in [9.17, 15) is 19.5 Å². The number of para-hydroxylation sites is 2. The predicted molar refractivity (Wildman–Crippen MR) is 128 cm³/mol. The second-order valence-electron chi connectivity index (χ2n) is 7.25. The van der Waals surface area contributed by atoms with Gasteiger partial charge in [0, 0.05) is 5.56 Å². The van der Waals surface area contributed by atoms with Crippen molar-refractivity contribution in [1.29, 1.82) is 0 Å². The molecule has 4 rings (SSSR count). The Hall–Kier alpha value is -4.71. The molecule has 33 heavy (non-hydrogen) atoms. The normalized spacial score (nSPS) is 10.3. The minimum atomic E-state index is -1.15. The highest BCUT2D eigenvalue weighted by atomic mass is 16.4. The molecule has 0 atom stereocenters. The molecule has 0 bridgehead atoms. The Kier molecular flexibility index (Phi) is 6.27. The summed E-state index contributed by atoms with van der Waals surface area (Å²) in [6, 6.07) is 29.7. The van der Waals surface area contributed by atoms with Crippen LogP contribution in [0.2, 0.25) is 0 Å². The molecule has 0 spiro atoms. The van der Waals surface area contributed by atoms with Gasteiger partial charge in [-0.05, 0) is 47.5 Å². The monoisotopic (exact) mass is 436 g/mol. The molecule has 2 amide bonds. The third-order valence-electron chi connectivity index (χ3n) is 5.08. The van der Waals surface area contributed by atoms with E-state index >= 15 is 0 Å². The second-order valence-corrected chi connectivity index (χ2v) is 7.25. The fraction of sp³-hybridized carbons (Fsp3) is 0. The molecule has 0 aliphatic carbocycles. The summed E-state index contributed by atoms with van der Waals surface area (Å²) in [5.74, 6) is -2.04. The molecule has 0 unspecified atom stereocenters. The van der Waals surface area contributed by atoms with Crippen LogP contribution in [-0.4, -0.2) is 22.9 Å². The Morgan fingerprint density at radius 1 is 0.515 bits per heavy atom. The summed E-state index contributed by atoms with van der Waals surface area (Å²) in [4.78, 5) is 37.1. The number of carboxylic acids is 1. The lowest BCUT2D eigenvalue weighted by molar-refractivity contribution is 0.0697. The molecule has 0 aromatic heterocycles. The lowest BCUT2D eigenvalue weighted by Gasteiger charge is -2.13. The molecule has 0 radical (unpaired) electrons. The molecule has 3 N–H and O–H groups in total. The molecule has 0 fully saturated rings. The Morgan fingerprint density at radius 2 is 1.00 bits per heavy atom. The summed E-state index contributed by atoms with van der Waals surface area (Å²) in [7, 11) is 0. The number of hydrogen-bond acceptors (Lipinski definition) is 3. The van der Waals surface area contributed by atoms with E-state index in [0.717, 1.165) is 11.1 Å². The molecule has 4 aromatic rings. The fourth-order valence-electron chi connectivity index (χ4n) is 3.40. The number of carbonyl (C=O) groups is 3. The highest BCUT2D eigenvalue weighted by Gasteiger charge is 2.17. The standard InChI is InChI=1S/C27H20N2O4/c30-25(20-16-14-19(15-17-20)18-8-2-1-3-9-18)28-23-12-6-4-10-21(23)26(31)29-24-13-7-5-11-22(24)27(32)33/h1-17H,(H,28,30)(H,29,31)(H,32,33). The van der Waals surface area contributed by atoms with E-state index in [0.29, 0.717) is 11.3 Å². The van der Waals surface area contributed by atoms with Crippen LogP contribution in [0.3, 0.4) is 0 Å². The van der Waals surface area contributed by atoms with Gasteiger partial charge in [0.2, 0.25) is 0 Å². The molecule has 4 aromatic carbocycles. The Morgan fingerprint density at radius 3 is 1.64 bits per heavy atom. The van der Waals surface area contributed by atoms with E-state index in [-0.39, 0.29) is 22.7 Å². The summed E-state index contributed by atoms with van der Waals surface area (Å²) < 4.78 is 0. The maximum absolute atomic E-state index is 12.9. The number of anilines is 2. The van der Waals surface area contributed by atoms with Crippen molar-refractivity contribution >= 4 is 29.2 Å². The minimum Gasteiger partial charge on any atom is -0.478 e. The lowest BCUT2D eigenvalue weighted by atomic mass is 10.0. The fourth-order valence-corrected chi connectivity index (χ4v) is 3.40. The van der Waals surface area contributed by atoms with E-state index in [4.69, 9.17) is 0 Å². The van der Waals surface area contributed by atoms with Crippen LogP contribution in [-0.2, 0) is 0 Å². The molecule has 6 nitrogen and oxygen atoms in total. The summed E-state index contributed by atoms with van der Waals surface area (Å²) in [5, 5.41) is 14.7. The first-order valence-electron chi connectivity index (χ1n) is 10.2. The number of carbonyl (C=O) groups excluding carboxylic acids is 2. The molecular weight excluding hydrogens is 416 g/mol. The average molecular weight is 436 g/mol. The second kappa shape index (κ2) is 9.62. The number of amides is 2. The van der Waals surface area contributed by atoms with E-state index in [1.54, 1.807) is 48.5 Å². The van der Waals surface area contributed by atoms with Gasteiger partial charge in [-0.2, -0.15) is 0 Å². The van der Waals surface area contributed by atoms with Crippen LogP contribution in [0.1, 0.15) is 31.1 Å². The Labute approximate surface area is 190 Å². The highest BCUT2D eigenvalue weighted by molar-refractivity contribution is 6.13. The van der Waals surface area contributed by atoms with E-state index in [1.807, 2.05) is 42.5 Å². The van der Waals surface area contributed by atoms with Gasteiger partial charge in [-0.1, -0.05) is 66.7 Å². The van der Waals surface area contributed by atoms with Crippen LogP contribution in [0.15, 0.2) is 103 Å². The van der Waals surface area contributed by atoms with Crippen molar-refractivity contribution in [2.75, 3.05) is 10.6 Å². The first-order valence-corrected chi connectivity index (χ1v) is 10.2. The van der Waals surface area contributed by atoms with Crippen LogP contribution < -0.4 is 10.6 Å². The smallest absolute Gasteiger partial charge is 0.337 e. The molecule has 0 saturated heterocycles. The molecule has 162 valence electrons. The maximum atomic E-state index is 12.9. The van der Waals surface area contributed by atoms with Gasteiger partial charge < -0.3 is 15.7 Å². The third-order valence-corrected chi connectivity index (χ3v) is 5.08. The van der Waals surface area contributed by atoms with Gasteiger partial charge in [0.15, 0.2) is 0 Å². The van der Waals surface area contributed by atoms with Gasteiger partial charge in [-0.3, -0.25) is 9.59 Å². The van der Waals surface area contributed by atoms with Gasteiger partial charge in [0.25, 0.3) is 11.8 Å². The third kappa shape index (κ3) is 4.97. The number of rotatable bonds is 6. The quantitative estimate of drug-likeness (QED) is 0.369. The first-order chi connectivity index (χ1) is 16.0. The highest BCUT2D eigenvalue weighted by Crippen LogP contribution is 2.22. The minimum absolute atomic E-state index is 0.0223. The first kappa shape index (κ1) is 21.5. The molecule has 0 aliphatic heterocycles. The van der Waals surface area contributed by atoms with Crippen molar-refractivity contribution in [3.8, 4) is 11.1 Å². The van der Waals surface area contributed by atoms with E-state index in [1.165, 1.54) is 12.1 Å². The van der Waals surface area contributed by atoms with Crippen molar-refractivity contribution in [2.45, 2.75) is 0 Å². The summed E-state index contributed by atoms with van der Waals surface area (Å²) in [6.45, 7) is 0. The Bertz CT molecular complexity index is 1320. The largest absolute Gasteiger partial charge is 0.478 e. The van der Waals surface area contributed by atoms with E-state index < -0.39 is 11.9 Å². The predicted octanol–water partition coefficient (Wildman–Crippen LogP) is 5.56. The molecule has 0 saturated carbocycles. The van der Waals surface area contributed by atoms with Crippen LogP contribution in [0.25, 0.3) is 11.1 Å². The zero-order chi connectivity index (χ0) is 23.2. The number of aromatic carboxylic acids is 1. The van der Waals surface area contributed by atoms with Crippen molar-refractivity contribution in [3.05, 3.63) is 120 Å². The number of carboxylic acid groups (broad SMARTS) is 1. The van der Waals surface area contributed by atoms with Crippen molar-refractivity contribution in [3.63, 3.8) is 0 Å². The average Bonchev–Trinajstić information content (AvgIpc) is 2.85. The zero-order valence-electron chi connectivity index (χ0n) is 17.5. The molecule has 6 heteroatoms. The van der Waals surface area contributed by atoms with Gasteiger partial charge in [-0.25, -0.2) is 4.79 Å². The van der Waals surface area contributed by atoms with Crippen LogP contribution in [0.5, 0.6) is 0 Å². The number of benzene rings is 4. The summed E-state index contributed by atoms with van der Waals surface area (Å²) >= 11 is 0. The molecule has 0 aliphatic rings. The van der Waals surface area contributed by atoms with Gasteiger partial charge in [-0.15, -0.1) is 0 Å². The SMILES string of the molecule is O=C(Nc1ccccc1C(=O)Nc1ccccc1C(=O)O)c1ccc(-c2ccccc2)cc1. The van der Waals surface area contributed by atoms with Crippen molar-refractivity contribution < 1.29 is 19.5 Å². The Balaban J connectivity index is 1.52. The molecular formula is C27H20N2O4. The number of nitrogens with one attached hydrogen (secondary N) is 2.